The first-order chi connectivity index (χ1) is 7.94. The van der Waals surface area contributed by atoms with Gasteiger partial charge in [0.1, 0.15) is 6.07 Å². The zero-order valence-electron chi connectivity index (χ0n) is 10.9. The van der Waals surface area contributed by atoms with E-state index in [1.165, 1.54) is 6.20 Å². The van der Waals surface area contributed by atoms with E-state index in [0.29, 0.717) is 11.5 Å². The number of hydrogen-bond acceptors (Lipinski definition) is 5. The summed E-state index contributed by atoms with van der Waals surface area (Å²) in [6.45, 7) is 6.05. The molecule has 92 valence electrons. The van der Waals surface area contributed by atoms with Crippen LogP contribution >= 0.6 is 0 Å². The maximum atomic E-state index is 8.89. The van der Waals surface area contributed by atoms with Crippen molar-refractivity contribution < 1.29 is 0 Å². The Labute approximate surface area is 102 Å². The minimum Gasteiger partial charge on any atom is -0.367 e. The van der Waals surface area contributed by atoms with E-state index in [1.54, 1.807) is 6.20 Å². The summed E-state index contributed by atoms with van der Waals surface area (Å²) in [5.41, 5.74) is 0.446. The summed E-state index contributed by atoms with van der Waals surface area (Å²) in [7, 11) is 4.09. The standard InChI is InChI=1S/C12H19N5/c1-12(2,9-17(3)4)8-16-11-10(7-13)14-5-6-15-11/h5-6H,8-9H2,1-4H3,(H,15,16). The fourth-order valence-corrected chi connectivity index (χ4v) is 1.78. The molecule has 5 heteroatoms. The van der Waals surface area contributed by atoms with E-state index in [-0.39, 0.29) is 5.41 Å². The average molecular weight is 233 g/mol. The molecule has 0 aromatic carbocycles. The van der Waals surface area contributed by atoms with E-state index in [9.17, 15) is 0 Å². The highest BCUT2D eigenvalue weighted by Gasteiger charge is 2.19. The monoisotopic (exact) mass is 233 g/mol. The van der Waals surface area contributed by atoms with Gasteiger partial charge in [0.15, 0.2) is 11.5 Å². The van der Waals surface area contributed by atoms with Crippen LogP contribution in [0.1, 0.15) is 19.5 Å². The minimum absolute atomic E-state index is 0.105. The van der Waals surface area contributed by atoms with E-state index < -0.39 is 0 Å². The van der Waals surface area contributed by atoms with Crippen molar-refractivity contribution in [3.63, 3.8) is 0 Å². The summed E-state index contributed by atoms with van der Waals surface area (Å²) in [5.74, 6) is 0.557. The van der Waals surface area contributed by atoms with Crippen molar-refractivity contribution in [3.05, 3.63) is 18.1 Å². The third-order valence-corrected chi connectivity index (χ3v) is 2.28. The fraction of sp³-hybridized carbons (Fsp3) is 0.583. The van der Waals surface area contributed by atoms with E-state index in [2.05, 4.69) is 34.0 Å². The van der Waals surface area contributed by atoms with Gasteiger partial charge in [0.05, 0.1) is 0 Å². The molecule has 0 aliphatic rings. The summed E-state index contributed by atoms with van der Waals surface area (Å²) in [5, 5.41) is 12.1. The largest absolute Gasteiger partial charge is 0.367 e. The first-order valence-corrected chi connectivity index (χ1v) is 5.54. The van der Waals surface area contributed by atoms with Crippen LogP contribution in [0.25, 0.3) is 0 Å². The Morgan fingerprint density at radius 1 is 1.35 bits per heavy atom. The average Bonchev–Trinajstić information content (AvgIpc) is 2.25. The molecule has 1 aromatic rings. The van der Waals surface area contributed by atoms with Crippen molar-refractivity contribution in [2.75, 3.05) is 32.5 Å². The van der Waals surface area contributed by atoms with Crippen LogP contribution in [0.5, 0.6) is 0 Å². The number of rotatable bonds is 5. The van der Waals surface area contributed by atoms with Crippen LogP contribution in [0, 0.1) is 16.7 Å². The van der Waals surface area contributed by atoms with Gasteiger partial charge in [-0.25, -0.2) is 9.97 Å². The smallest absolute Gasteiger partial charge is 0.182 e. The lowest BCUT2D eigenvalue weighted by molar-refractivity contribution is 0.254. The SMILES string of the molecule is CN(C)CC(C)(C)CNc1nccnc1C#N. The van der Waals surface area contributed by atoms with E-state index >= 15 is 0 Å². The first-order valence-electron chi connectivity index (χ1n) is 5.54. The number of nitrogens with one attached hydrogen (secondary N) is 1. The molecule has 0 spiro atoms. The number of nitriles is 1. The van der Waals surface area contributed by atoms with Gasteiger partial charge in [-0.15, -0.1) is 0 Å². The summed E-state index contributed by atoms with van der Waals surface area (Å²) in [6.07, 6.45) is 3.11. The van der Waals surface area contributed by atoms with Crippen molar-refractivity contribution in [1.29, 1.82) is 5.26 Å². The third kappa shape index (κ3) is 4.37. The van der Waals surface area contributed by atoms with Crippen molar-refractivity contribution in [2.24, 2.45) is 5.41 Å². The lowest BCUT2D eigenvalue weighted by Crippen LogP contribution is -2.34. The van der Waals surface area contributed by atoms with Crippen LogP contribution in [-0.2, 0) is 0 Å². The molecule has 1 rings (SSSR count). The lowest BCUT2D eigenvalue weighted by Gasteiger charge is -2.28. The Morgan fingerprint density at radius 2 is 2.00 bits per heavy atom. The molecule has 0 atom stereocenters. The van der Waals surface area contributed by atoms with Crippen molar-refractivity contribution in [1.82, 2.24) is 14.9 Å². The van der Waals surface area contributed by atoms with Gasteiger partial charge in [0.25, 0.3) is 0 Å². The molecule has 17 heavy (non-hydrogen) atoms. The van der Waals surface area contributed by atoms with Gasteiger partial charge in [0, 0.05) is 25.5 Å². The fourth-order valence-electron chi connectivity index (χ4n) is 1.78. The molecule has 0 amide bonds. The Kier molecular flexibility index (Phi) is 4.41. The Hall–Kier alpha value is -1.67. The van der Waals surface area contributed by atoms with Crippen molar-refractivity contribution in [2.45, 2.75) is 13.8 Å². The third-order valence-electron chi connectivity index (χ3n) is 2.28. The zero-order valence-corrected chi connectivity index (χ0v) is 10.9. The summed E-state index contributed by atoms with van der Waals surface area (Å²) >= 11 is 0. The van der Waals surface area contributed by atoms with Gasteiger partial charge in [-0.05, 0) is 19.5 Å². The second-order valence-electron chi connectivity index (χ2n) is 5.12. The van der Waals surface area contributed by atoms with Crippen LogP contribution in [0.15, 0.2) is 12.4 Å². The van der Waals surface area contributed by atoms with E-state index in [1.807, 2.05) is 20.2 Å². The van der Waals surface area contributed by atoms with E-state index in [0.717, 1.165) is 13.1 Å². The molecule has 0 saturated heterocycles. The van der Waals surface area contributed by atoms with Gasteiger partial charge in [-0.2, -0.15) is 5.26 Å². The maximum absolute atomic E-state index is 8.89. The van der Waals surface area contributed by atoms with Gasteiger partial charge in [-0.3, -0.25) is 0 Å². The Bertz CT molecular complexity index is 406. The number of nitrogens with zero attached hydrogens (tertiary/aromatic N) is 4. The minimum atomic E-state index is 0.105. The number of anilines is 1. The van der Waals surface area contributed by atoms with Crippen LogP contribution in [0.3, 0.4) is 0 Å². The molecule has 0 fully saturated rings. The molecular formula is C12H19N5. The van der Waals surface area contributed by atoms with Gasteiger partial charge in [0.2, 0.25) is 0 Å². The molecule has 0 bridgehead atoms. The predicted molar refractivity (Wildman–Crippen MR) is 67.6 cm³/mol. The first kappa shape index (κ1) is 13.4. The van der Waals surface area contributed by atoms with Gasteiger partial charge in [-0.1, -0.05) is 13.8 Å². The molecule has 1 aromatic heterocycles. The number of aromatic nitrogens is 2. The topological polar surface area (TPSA) is 64.8 Å². The molecule has 1 heterocycles. The highest BCUT2D eigenvalue weighted by Crippen LogP contribution is 2.17. The summed E-state index contributed by atoms with van der Waals surface area (Å²) in [6, 6.07) is 2.03. The summed E-state index contributed by atoms with van der Waals surface area (Å²) < 4.78 is 0. The Balaban J connectivity index is 2.64. The van der Waals surface area contributed by atoms with Crippen LogP contribution < -0.4 is 5.32 Å². The number of hydrogen-bond donors (Lipinski definition) is 1. The molecule has 0 aliphatic carbocycles. The summed E-state index contributed by atoms with van der Waals surface area (Å²) in [4.78, 5) is 10.2. The normalized spacial score (nSPS) is 11.3. The molecular weight excluding hydrogens is 214 g/mol. The molecule has 0 aliphatic heterocycles. The van der Waals surface area contributed by atoms with Gasteiger partial charge >= 0.3 is 0 Å². The van der Waals surface area contributed by atoms with Crippen LogP contribution in [0.2, 0.25) is 0 Å². The highest BCUT2D eigenvalue weighted by atomic mass is 15.1. The second-order valence-corrected chi connectivity index (χ2v) is 5.12. The molecule has 5 nitrogen and oxygen atoms in total. The maximum Gasteiger partial charge on any atom is 0.182 e. The second kappa shape index (κ2) is 5.60. The van der Waals surface area contributed by atoms with Crippen molar-refractivity contribution >= 4 is 5.82 Å². The lowest BCUT2D eigenvalue weighted by atomic mass is 9.93. The molecule has 1 N–H and O–H groups in total. The molecule has 0 saturated carbocycles. The molecule has 0 unspecified atom stereocenters. The highest BCUT2D eigenvalue weighted by molar-refractivity contribution is 5.46. The van der Waals surface area contributed by atoms with Gasteiger partial charge < -0.3 is 10.2 Å². The molecule has 0 radical (unpaired) electrons. The Morgan fingerprint density at radius 3 is 2.59 bits per heavy atom. The van der Waals surface area contributed by atoms with E-state index in [4.69, 9.17) is 5.26 Å². The van der Waals surface area contributed by atoms with Crippen molar-refractivity contribution in [3.8, 4) is 6.07 Å². The van der Waals surface area contributed by atoms with Crippen LogP contribution in [0.4, 0.5) is 5.82 Å². The van der Waals surface area contributed by atoms with Crippen LogP contribution in [-0.4, -0.2) is 42.1 Å². The quantitative estimate of drug-likeness (QED) is 0.831. The zero-order chi connectivity index (χ0) is 12.9. The predicted octanol–water partition coefficient (Wildman–Crippen LogP) is 1.35.